The van der Waals surface area contributed by atoms with Gasteiger partial charge in [-0.25, -0.2) is 0 Å². The molecule has 0 nitrogen and oxygen atoms in total. The largest absolute Gasteiger partial charge is 0.0786 e. The highest BCUT2D eigenvalue weighted by atomic mass is 79.9. The summed E-state index contributed by atoms with van der Waals surface area (Å²) < 4.78 is 0. The zero-order chi connectivity index (χ0) is 14.7. The van der Waals surface area contributed by atoms with Gasteiger partial charge in [0.05, 0.1) is 4.83 Å². The van der Waals surface area contributed by atoms with E-state index in [1.54, 1.807) is 0 Å². The maximum atomic E-state index is 3.85. The smallest absolute Gasteiger partial charge is 0.0647 e. The number of hydrogen-bond acceptors (Lipinski definition) is 0. The molecule has 106 valence electrons. The molecule has 2 aromatic carbocycles. The number of halogens is 1. The summed E-state index contributed by atoms with van der Waals surface area (Å²) in [5.74, 6) is 0.708. The minimum Gasteiger partial charge on any atom is -0.0786 e. The normalized spacial score (nSPS) is 12.7. The lowest BCUT2D eigenvalue weighted by atomic mass is 9.95. The molecule has 0 amide bonds. The first-order valence-electron chi connectivity index (χ1n) is 7.28. The molecule has 0 fully saturated rings. The molecule has 0 spiro atoms. The number of rotatable bonds is 4. The zero-order valence-electron chi connectivity index (χ0n) is 12.8. The number of hydrogen-bond donors (Lipinski definition) is 0. The Labute approximate surface area is 131 Å². The van der Waals surface area contributed by atoms with E-state index in [1.165, 1.54) is 27.8 Å². The second-order valence-corrected chi connectivity index (χ2v) is 6.91. The zero-order valence-corrected chi connectivity index (χ0v) is 14.4. The van der Waals surface area contributed by atoms with Gasteiger partial charge in [0.25, 0.3) is 0 Å². The standard InChI is InChI=1S/C19H23Br/c1-13(2)12-16-8-10-17(11-9-16)19(20)18-7-5-6-14(3)15(18)4/h5-11,13,19H,12H2,1-4H3. The highest BCUT2D eigenvalue weighted by Gasteiger charge is 2.13. The molecular weight excluding hydrogens is 308 g/mol. The van der Waals surface area contributed by atoms with E-state index in [0.717, 1.165) is 6.42 Å². The van der Waals surface area contributed by atoms with E-state index in [2.05, 4.69) is 86.1 Å². The van der Waals surface area contributed by atoms with E-state index in [4.69, 9.17) is 0 Å². The fraction of sp³-hybridized carbons (Fsp3) is 0.368. The minimum absolute atomic E-state index is 0.274. The summed E-state index contributed by atoms with van der Waals surface area (Å²) in [6.45, 7) is 8.89. The molecule has 2 rings (SSSR count). The maximum Gasteiger partial charge on any atom is 0.0647 e. The van der Waals surface area contributed by atoms with Crippen LogP contribution in [0.4, 0.5) is 0 Å². The van der Waals surface area contributed by atoms with Crippen molar-refractivity contribution >= 4 is 15.9 Å². The van der Waals surface area contributed by atoms with Crippen LogP contribution in [0.2, 0.25) is 0 Å². The van der Waals surface area contributed by atoms with Crippen LogP contribution in [0.5, 0.6) is 0 Å². The lowest BCUT2D eigenvalue weighted by Gasteiger charge is -2.16. The van der Waals surface area contributed by atoms with Gasteiger partial charge in [0.15, 0.2) is 0 Å². The van der Waals surface area contributed by atoms with Gasteiger partial charge >= 0.3 is 0 Å². The molecule has 0 aromatic heterocycles. The van der Waals surface area contributed by atoms with Crippen LogP contribution in [0.15, 0.2) is 42.5 Å². The molecule has 1 unspecified atom stereocenters. The first-order valence-corrected chi connectivity index (χ1v) is 8.19. The summed E-state index contributed by atoms with van der Waals surface area (Å²) >= 11 is 3.85. The van der Waals surface area contributed by atoms with Crippen molar-refractivity contribution in [3.63, 3.8) is 0 Å². The van der Waals surface area contributed by atoms with E-state index in [9.17, 15) is 0 Å². The highest BCUT2D eigenvalue weighted by molar-refractivity contribution is 9.09. The first kappa shape index (κ1) is 15.3. The van der Waals surface area contributed by atoms with Crippen LogP contribution in [0, 0.1) is 19.8 Å². The van der Waals surface area contributed by atoms with Gasteiger partial charge in [0.1, 0.15) is 0 Å². The van der Waals surface area contributed by atoms with Gasteiger partial charge in [0.2, 0.25) is 0 Å². The van der Waals surface area contributed by atoms with Crippen molar-refractivity contribution < 1.29 is 0 Å². The Kier molecular flexibility index (Phi) is 5.04. The predicted molar refractivity (Wildman–Crippen MR) is 91.7 cm³/mol. The van der Waals surface area contributed by atoms with E-state index >= 15 is 0 Å². The van der Waals surface area contributed by atoms with Gasteiger partial charge < -0.3 is 0 Å². The third-order valence-electron chi connectivity index (χ3n) is 3.84. The molecule has 2 aromatic rings. The lowest BCUT2D eigenvalue weighted by Crippen LogP contribution is -1.99. The van der Waals surface area contributed by atoms with Crippen LogP contribution in [0.3, 0.4) is 0 Å². The SMILES string of the molecule is Cc1cccc(C(Br)c2ccc(CC(C)C)cc2)c1C. The molecule has 0 saturated carbocycles. The van der Waals surface area contributed by atoms with Crippen LogP contribution in [0.1, 0.15) is 46.5 Å². The van der Waals surface area contributed by atoms with E-state index in [1.807, 2.05) is 0 Å². The first-order chi connectivity index (χ1) is 9.49. The second kappa shape index (κ2) is 6.58. The number of alkyl halides is 1. The van der Waals surface area contributed by atoms with Crippen LogP contribution >= 0.6 is 15.9 Å². The monoisotopic (exact) mass is 330 g/mol. The second-order valence-electron chi connectivity index (χ2n) is 5.99. The Morgan fingerprint density at radius 3 is 2.20 bits per heavy atom. The topological polar surface area (TPSA) is 0 Å². The molecule has 0 aliphatic carbocycles. The van der Waals surface area contributed by atoms with Crippen molar-refractivity contribution in [1.82, 2.24) is 0 Å². The van der Waals surface area contributed by atoms with Crippen LogP contribution in [0.25, 0.3) is 0 Å². The van der Waals surface area contributed by atoms with E-state index in [0.29, 0.717) is 5.92 Å². The molecule has 20 heavy (non-hydrogen) atoms. The van der Waals surface area contributed by atoms with Crippen molar-refractivity contribution in [1.29, 1.82) is 0 Å². The summed E-state index contributed by atoms with van der Waals surface area (Å²) in [5.41, 5.74) is 6.83. The molecule has 0 radical (unpaired) electrons. The highest BCUT2D eigenvalue weighted by Crippen LogP contribution is 2.33. The molecule has 0 heterocycles. The Hall–Kier alpha value is -1.08. The molecule has 0 aliphatic rings. The average Bonchev–Trinajstić information content (AvgIpc) is 2.41. The molecule has 0 aliphatic heterocycles. The Bertz CT molecular complexity index is 567. The van der Waals surface area contributed by atoms with Crippen molar-refractivity contribution in [2.24, 2.45) is 5.92 Å². The van der Waals surface area contributed by atoms with Gasteiger partial charge in [-0.15, -0.1) is 0 Å². The quantitative estimate of drug-likeness (QED) is 0.604. The number of aryl methyl sites for hydroxylation is 1. The van der Waals surface area contributed by atoms with E-state index < -0.39 is 0 Å². The van der Waals surface area contributed by atoms with Gasteiger partial charge in [0, 0.05) is 0 Å². The Balaban J connectivity index is 2.25. The fourth-order valence-electron chi connectivity index (χ4n) is 2.52. The summed E-state index contributed by atoms with van der Waals surface area (Å²) in [4.78, 5) is 0.274. The minimum atomic E-state index is 0.274. The molecule has 0 saturated heterocycles. The van der Waals surface area contributed by atoms with Gasteiger partial charge in [-0.2, -0.15) is 0 Å². The van der Waals surface area contributed by atoms with Crippen LogP contribution in [-0.2, 0) is 6.42 Å². The molecule has 0 N–H and O–H groups in total. The molecule has 1 atom stereocenters. The summed E-state index contributed by atoms with van der Waals surface area (Å²) in [6, 6.07) is 15.5. The van der Waals surface area contributed by atoms with Crippen molar-refractivity contribution in [3.8, 4) is 0 Å². The van der Waals surface area contributed by atoms with E-state index in [-0.39, 0.29) is 4.83 Å². The van der Waals surface area contributed by atoms with Gasteiger partial charge in [-0.1, -0.05) is 72.2 Å². The van der Waals surface area contributed by atoms with Crippen molar-refractivity contribution in [2.75, 3.05) is 0 Å². The Morgan fingerprint density at radius 1 is 0.950 bits per heavy atom. The summed E-state index contributed by atoms with van der Waals surface area (Å²) in [6.07, 6.45) is 1.15. The van der Waals surface area contributed by atoms with Crippen molar-refractivity contribution in [2.45, 2.75) is 38.9 Å². The maximum absolute atomic E-state index is 3.85. The molecule has 0 bridgehead atoms. The summed E-state index contributed by atoms with van der Waals surface area (Å²) in [5, 5.41) is 0. The Morgan fingerprint density at radius 2 is 1.60 bits per heavy atom. The fourth-order valence-corrected chi connectivity index (χ4v) is 3.32. The van der Waals surface area contributed by atoms with Gasteiger partial charge in [-0.3, -0.25) is 0 Å². The third-order valence-corrected chi connectivity index (χ3v) is 4.86. The van der Waals surface area contributed by atoms with Crippen LogP contribution < -0.4 is 0 Å². The number of benzene rings is 2. The van der Waals surface area contributed by atoms with Crippen LogP contribution in [-0.4, -0.2) is 0 Å². The average molecular weight is 331 g/mol. The molecule has 1 heteroatoms. The third kappa shape index (κ3) is 3.52. The van der Waals surface area contributed by atoms with Crippen molar-refractivity contribution in [3.05, 3.63) is 70.3 Å². The molecular formula is C19H23Br. The van der Waals surface area contributed by atoms with Gasteiger partial charge in [-0.05, 0) is 54.0 Å². The summed E-state index contributed by atoms with van der Waals surface area (Å²) in [7, 11) is 0. The predicted octanol–water partition coefficient (Wildman–Crippen LogP) is 5.99. The lowest BCUT2D eigenvalue weighted by molar-refractivity contribution is 0.647.